The number of aliphatic hydroxyl groups excluding tert-OH is 1. The number of guanidine groups is 1. The lowest BCUT2D eigenvalue weighted by atomic mass is 10.0. The van der Waals surface area contributed by atoms with Gasteiger partial charge in [0.1, 0.15) is 5.65 Å². The van der Waals surface area contributed by atoms with E-state index in [1.807, 2.05) is 19.1 Å². The molecule has 4 rings (SSSR count). The van der Waals surface area contributed by atoms with Crippen molar-refractivity contribution in [2.75, 3.05) is 13.2 Å². The smallest absolute Gasteiger partial charge is 0.354 e. The molecule has 0 aliphatic rings. The number of aliphatic imine (C=N–C) groups is 1. The van der Waals surface area contributed by atoms with Crippen LogP contribution in [0.2, 0.25) is 5.02 Å². The molecule has 41 heavy (non-hydrogen) atoms. The summed E-state index contributed by atoms with van der Waals surface area (Å²) in [6.45, 7) is 2.41. The lowest BCUT2D eigenvalue weighted by Crippen LogP contribution is -2.24. The van der Waals surface area contributed by atoms with Crippen LogP contribution in [0.3, 0.4) is 0 Å². The molecular weight excluding hydrogens is 549 g/mol. The van der Waals surface area contributed by atoms with Crippen LogP contribution in [-0.2, 0) is 17.8 Å². The van der Waals surface area contributed by atoms with Crippen molar-refractivity contribution in [2.45, 2.75) is 51.4 Å². The van der Waals surface area contributed by atoms with E-state index >= 15 is 4.39 Å². The van der Waals surface area contributed by atoms with E-state index in [1.165, 1.54) is 4.57 Å². The SMILES string of the molecule is CC(N)CCCc1cc(Cl)c(F)c(-c2cc3cn(-c4ccc(COC(CO)CCN=C(N)N)cc4)c(=O)nc3[nH]2)c1. The minimum atomic E-state index is -0.540. The molecule has 218 valence electrons. The van der Waals surface area contributed by atoms with Crippen LogP contribution in [0.15, 0.2) is 58.4 Å². The molecule has 12 heteroatoms. The first kappa shape index (κ1) is 30.2. The molecule has 2 atom stereocenters. The highest BCUT2D eigenvalue weighted by atomic mass is 35.5. The maximum atomic E-state index is 15.0. The highest BCUT2D eigenvalue weighted by molar-refractivity contribution is 6.31. The van der Waals surface area contributed by atoms with Crippen LogP contribution in [0.25, 0.3) is 28.0 Å². The third kappa shape index (κ3) is 7.92. The number of hydrogen-bond acceptors (Lipinski definition) is 6. The van der Waals surface area contributed by atoms with Crippen molar-refractivity contribution < 1.29 is 14.2 Å². The summed E-state index contributed by atoms with van der Waals surface area (Å²) in [5.74, 6) is -0.549. The number of aryl methyl sites for hydroxylation is 1. The monoisotopic (exact) mass is 583 g/mol. The lowest BCUT2D eigenvalue weighted by molar-refractivity contribution is -0.000538. The molecule has 10 nitrogen and oxygen atoms in total. The molecule has 2 aromatic carbocycles. The number of aromatic nitrogens is 3. The molecule has 0 bridgehead atoms. The van der Waals surface area contributed by atoms with E-state index in [1.54, 1.807) is 36.5 Å². The fourth-order valence-electron chi connectivity index (χ4n) is 4.47. The summed E-state index contributed by atoms with van der Waals surface area (Å²) in [6, 6.07) is 12.5. The Morgan fingerprint density at radius 3 is 2.63 bits per heavy atom. The van der Waals surface area contributed by atoms with Crippen molar-refractivity contribution in [3.63, 3.8) is 0 Å². The van der Waals surface area contributed by atoms with E-state index < -0.39 is 17.6 Å². The number of rotatable bonds is 13. The normalized spacial score (nSPS) is 12.9. The van der Waals surface area contributed by atoms with Gasteiger partial charge in [0, 0.05) is 29.7 Å². The van der Waals surface area contributed by atoms with Gasteiger partial charge >= 0.3 is 5.69 Å². The number of aromatic amines is 1. The summed E-state index contributed by atoms with van der Waals surface area (Å²) >= 11 is 6.22. The number of halogens is 2. The average Bonchev–Trinajstić information content (AvgIpc) is 3.34. The van der Waals surface area contributed by atoms with Crippen molar-refractivity contribution in [1.29, 1.82) is 0 Å². The van der Waals surface area contributed by atoms with Gasteiger partial charge in [-0.1, -0.05) is 23.7 Å². The predicted octanol–water partition coefficient (Wildman–Crippen LogP) is 3.38. The Kier molecular flexibility index (Phi) is 10.1. The highest BCUT2D eigenvalue weighted by Gasteiger charge is 2.16. The summed E-state index contributed by atoms with van der Waals surface area (Å²) in [6.07, 6.45) is 4.15. The second kappa shape index (κ2) is 13.7. The zero-order valence-corrected chi connectivity index (χ0v) is 23.6. The lowest BCUT2D eigenvalue weighted by Gasteiger charge is -2.15. The summed E-state index contributed by atoms with van der Waals surface area (Å²) in [5, 5.41) is 10.2. The quantitative estimate of drug-likeness (QED) is 0.119. The van der Waals surface area contributed by atoms with Gasteiger partial charge in [0.15, 0.2) is 11.8 Å². The van der Waals surface area contributed by atoms with Gasteiger partial charge in [-0.25, -0.2) is 9.18 Å². The first-order valence-corrected chi connectivity index (χ1v) is 13.8. The number of benzene rings is 2. The third-order valence-electron chi connectivity index (χ3n) is 6.66. The van der Waals surface area contributed by atoms with Crippen molar-refractivity contribution in [1.82, 2.24) is 14.5 Å². The van der Waals surface area contributed by atoms with Gasteiger partial charge in [0.25, 0.3) is 0 Å². The second-order valence-electron chi connectivity index (χ2n) is 10.1. The van der Waals surface area contributed by atoms with Gasteiger partial charge in [-0.2, -0.15) is 4.98 Å². The molecule has 0 radical (unpaired) electrons. The molecule has 4 aromatic rings. The summed E-state index contributed by atoms with van der Waals surface area (Å²) in [7, 11) is 0. The van der Waals surface area contributed by atoms with E-state index in [-0.39, 0.29) is 30.2 Å². The van der Waals surface area contributed by atoms with E-state index in [4.69, 9.17) is 33.5 Å². The number of H-pyrrole nitrogens is 1. The maximum absolute atomic E-state index is 15.0. The molecule has 8 N–H and O–H groups in total. The Labute approximate surface area is 242 Å². The Morgan fingerprint density at radius 2 is 1.95 bits per heavy atom. The van der Waals surface area contributed by atoms with Gasteiger partial charge in [-0.3, -0.25) is 9.56 Å². The van der Waals surface area contributed by atoms with E-state index in [2.05, 4.69) is 15.0 Å². The summed E-state index contributed by atoms with van der Waals surface area (Å²) < 4.78 is 22.2. The van der Waals surface area contributed by atoms with Gasteiger partial charge in [-0.05, 0) is 74.1 Å². The molecular formula is C29H35ClFN7O3. The fourth-order valence-corrected chi connectivity index (χ4v) is 4.71. The van der Waals surface area contributed by atoms with E-state index in [0.29, 0.717) is 40.9 Å². The van der Waals surface area contributed by atoms with Crippen LogP contribution in [0.5, 0.6) is 0 Å². The van der Waals surface area contributed by atoms with Crippen LogP contribution in [0.1, 0.15) is 37.3 Å². The number of nitrogens with two attached hydrogens (primary N) is 3. The topological polar surface area (TPSA) is 171 Å². The Hall–Kier alpha value is -3.77. The van der Waals surface area contributed by atoms with Crippen LogP contribution < -0.4 is 22.9 Å². The third-order valence-corrected chi connectivity index (χ3v) is 6.94. The molecule has 0 saturated carbocycles. The minimum absolute atomic E-state index is 0.00871. The first-order valence-electron chi connectivity index (χ1n) is 13.4. The predicted molar refractivity (Wildman–Crippen MR) is 160 cm³/mol. The zero-order chi connectivity index (χ0) is 29.5. The van der Waals surface area contributed by atoms with Gasteiger partial charge in [0.2, 0.25) is 0 Å². The summed E-state index contributed by atoms with van der Waals surface area (Å²) in [5.41, 5.74) is 19.5. The molecule has 0 aliphatic heterocycles. The minimum Gasteiger partial charge on any atom is -0.394 e. The van der Waals surface area contributed by atoms with Gasteiger partial charge in [-0.15, -0.1) is 0 Å². The Balaban J connectivity index is 1.52. The molecule has 2 aromatic heterocycles. The van der Waals surface area contributed by atoms with Crippen molar-refractivity contribution in [2.24, 2.45) is 22.2 Å². The van der Waals surface area contributed by atoms with Crippen LogP contribution in [0.4, 0.5) is 4.39 Å². The summed E-state index contributed by atoms with van der Waals surface area (Å²) in [4.78, 5) is 24.0. The van der Waals surface area contributed by atoms with E-state index in [9.17, 15) is 9.90 Å². The Morgan fingerprint density at radius 1 is 1.20 bits per heavy atom. The Bertz CT molecular complexity index is 1560. The number of ether oxygens (including phenoxy) is 1. The molecule has 2 heterocycles. The highest BCUT2D eigenvalue weighted by Crippen LogP contribution is 2.31. The fraction of sp³-hybridized carbons (Fsp3) is 0.345. The van der Waals surface area contributed by atoms with Crippen LogP contribution in [0, 0.1) is 5.82 Å². The molecule has 0 amide bonds. The number of nitrogens with zero attached hydrogens (tertiary/aromatic N) is 3. The molecule has 0 spiro atoms. The van der Waals surface area contributed by atoms with Gasteiger partial charge < -0.3 is 32.0 Å². The van der Waals surface area contributed by atoms with Crippen LogP contribution in [-0.4, -0.2) is 50.9 Å². The molecule has 0 aliphatic carbocycles. The van der Waals surface area contributed by atoms with E-state index in [0.717, 1.165) is 30.4 Å². The first-order chi connectivity index (χ1) is 19.6. The number of fused-ring (bicyclic) bond motifs is 1. The average molecular weight is 584 g/mol. The van der Waals surface area contributed by atoms with Crippen LogP contribution >= 0.6 is 11.6 Å². The van der Waals surface area contributed by atoms with Crippen molar-refractivity contribution >= 4 is 28.6 Å². The maximum Gasteiger partial charge on any atom is 0.354 e. The number of aliphatic hydroxyl groups is 1. The second-order valence-corrected chi connectivity index (χ2v) is 10.5. The molecule has 0 saturated heterocycles. The molecule has 2 unspecified atom stereocenters. The van der Waals surface area contributed by atoms with Crippen molar-refractivity contribution in [3.8, 4) is 16.9 Å². The number of hydrogen-bond donors (Lipinski definition) is 5. The number of nitrogens with one attached hydrogen (secondary N) is 1. The zero-order valence-electron chi connectivity index (χ0n) is 22.8. The standard InChI is InChI=1S/C29H35ClFN7O3/c1-17(32)3-2-4-19-11-23(26(31)24(30)12-19)25-13-20-14-38(29(40)37-27(20)36-25)21-7-5-18(6-8-21)16-41-22(15-39)9-10-35-28(33)34/h5-8,11-14,17,22,39H,2-4,9-10,15-16,32H2,1H3,(H4,33,34,35)(H,36,37,40). The van der Waals surface area contributed by atoms with Gasteiger partial charge in [0.05, 0.1) is 35.7 Å². The van der Waals surface area contributed by atoms with Crippen molar-refractivity contribution in [3.05, 3.63) is 81.1 Å². The molecule has 0 fully saturated rings. The largest absolute Gasteiger partial charge is 0.394 e.